The molecule has 0 aliphatic heterocycles. The largest absolute Gasteiger partial charge is 0.388 e. The van der Waals surface area contributed by atoms with Gasteiger partial charge in [-0.2, -0.15) is 0 Å². The van der Waals surface area contributed by atoms with E-state index in [1.165, 1.54) is 24.5 Å². The van der Waals surface area contributed by atoms with E-state index < -0.39 is 27.0 Å². The topological polar surface area (TPSA) is 54.4 Å². The number of sulfone groups is 1. The molecule has 6 heteroatoms. The Morgan fingerprint density at radius 1 is 1.40 bits per heavy atom. The first kappa shape index (κ1) is 15.7. The molecular weight excluding hydrogens is 303 g/mol. The van der Waals surface area contributed by atoms with Gasteiger partial charge in [0.05, 0.1) is 11.4 Å². The van der Waals surface area contributed by atoms with Crippen molar-refractivity contribution in [2.24, 2.45) is 5.92 Å². The first-order valence-electron chi connectivity index (χ1n) is 6.61. The molecule has 0 aromatic heterocycles. The fourth-order valence-electron chi connectivity index (χ4n) is 2.85. The molecule has 112 valence electrons. The highest BCUT2D eigenvalue weighted by Gasteiger charge is 2.33. The van der Waals surface area contributed by atoms with Crippen LogP contribution in [0.15, 0.2) is 18.2 Å². The molecule has 1 N–H and O–H groups in total. The maximum absolute atomic E-state index is 13.8. The van der Waals surface area contributed by atoms with Crippen LogP contribution in [0.4, 0.5) is 4.39 Å². The van der Waals surface area contributed by atoms with Crippen LogP contribution in [0.1, 0.15) is 37.4 Å². The normalized spacial score (nSPS) is 25.4. The Morgan fingerprint density at radius 3 is 2.75 bits per heavy atom. The van der Waals surface area contributed by atoms with E-state index in [4.69, 9.17) is 11.6 Å². The molecule has 0 heterocycles. The summed E-state index contributed by atoms with van der Waals surface area (Å²) in [5.41, 5.74) is 0.150. The molecule has 1 aliphatic rings. The second kappa shape index (κ2) is 6.00. The van der Waals surface area contributed by atoms with Crippen LogP contribution in [0.5, 0.6) is 0 Å². The zero-order valence-electron chi connectivity index (χ0n) is 11.2. The average molecular weight is 321 g/mol. The van der Waals surface area contributed by atoms with Gasteiger partial charge in [0.2, 0.25) is 0 Å². The maximum atomic E-state index is 13.8. The Hall–Kier alpha value is -0.650. The predicted molar refractivity (Wildman–Crippen MR) is 77.0 cm³/mol. The van der Waals surface area contributed by atoms with Crippen LogP contribution in [0.2, 0.25) is 5.02 Å². The molecular formula is C14H18ClFO3S. The lowest BCUT2D eigenvalue weighted by atomic mass is 9.82. The van der Waals surface area contributed by atoms with E-state index in [9.17, 15) is 17.9 Å². The Kier molecular flexibility index (Phi) is 4.72. The van der Waals surface area contributed by atoms with Gasteiger partial charge in [-0.25, -0.2) is 12.8 Å². The van der Waals surface area contributed by atoms with Gasteiger partial charge in [0.15, 0.2) is 0 Å². The number of hydrogen-bond acceptors (Lipinski definition) is 3. The molecule has 1 saturated carbocycles. The van der Waals surface area contributed by atoms with E-state index in [0.29, 0.717) is 24.3 Å². The summed E-state index contributed by atoms with van der Waals surface area (Å²) in [6, 6.07) is 4.05. The van der Waals surface area contributed by atoms with Crippen molar-refractivity contribution in [1.29, 1.82) is 0 Å². The lowest BCUT2D eigenvalue weighted by Gasteiger charge is -2.31. The third-order valence-electron chi connectivity index (χ3n) is 4.00. The van der Waals surface area contributed by atoms with Crippen LogP contribution in [0.25, 0.3) is 0 Å². The lowest BCUT2D eigenvalue weighted by Crippen LogP contribution is -2.30. The van der Waals surface area contributed by atoms with Gasteiger partial charge in [0.1, 0.15) is 15.7 Å². The van der Waals surface area contributed by atoms with Gasteiger partial charge in [-0.05, 0) is 43.4 Å². The molecule has 1 aromatic carbocycles. The zero-order chi connectivity index (χ0) is 14.9. The molecule has 0 spiro atoms. The molecule has 0 saturated heterocycles. The summed E-state index contributed by atoms with van der Waals surface area (Å²) in [6.45, 7) is 0. The summed E-state index contributed by atoms with van der Waals surface area (Å²) >= 11 is 5.83. The summed E-state index contributed by atoms with van der Waals surface area (Å²) in [5.74, 6) is -0.764. The summed E-state index contributed by atoms with van der Waals surface area (Å²) in [4.78, 5) is 0. The molecule has 1 fully saturated rings. The number of aliphatic hydroxyl groups excluding tert-OH is 1. The molecule has 1 aliphatic carbocycles. The molecule has 3 nitrogen and oxygen atoms in total. The Bertz CT molecular complexity index is 588. The van der Waals surface area contributed by atoms with E-state index >= 15 is 0 Å². The van der Waals surface area contributed by atoms with Gasteiger partial charge in [-0.3, -0.25) is 0 Å². The number of halogens is 2. The van der Waals surface area contributed by atoms with Gasteiger partial charge >= 0.3 is 0 Å². The molecule has 0 amide bonds. The summed E-state index contributed by atoms with van der Waals surface area (Å²) in [7, 11) is -3.12. The number of rotatable bonds is 3. The van der Waals surface area contributed by atoms with Crippen LogP contribution < -0.4 is 0 Å². The standard InChI is InChI=1S/C14H18ClFO3S/c1-20(18,19)11-4-2-3-9(7-11)14(17)12-8-10(15)5-6-13(12)16/h5-6,8-9,11,14,17H,2-4,7H2,1H3. The van der Waals surface area contributed by atoms with E-state index in [1.807, 2.05) is 0 Å². The fourth-order valence-corrected chi connectivity index (χ4v) is 4.22. The zero-order valence-corrected chi connectivity index (χ0v) is 12.8. The first-order valence-corrected chi connectivity index (χ1v) is 8.94. The van der Waals surface area contributed by atoms with Crippen LogP contribution in [0.3, 0.4) is 0 Å². The molecule has 1 aromatic rings. The highest BCUT2D eigenvalue weighted by Crippen LogP contribution is 2.38. The number of benzene rings is 1. The average Bonchev–Trinajstić information content (AvgIpc) is 2.40. The molecule has 20 heavy (non-hydrogen) atoms. The lowest BCUT2D eigenvalue weighted by molar-refractivity contribution is 0.0825. The van der Waals surface area contributed by atoms with Crippen molar-refractivity contribution in [1.82, 2.24) is 0 Å². The SMILES string of the molecule is CS(=O)(=O)C1CCCC(C(O)c2cc(Cl)ccc2F)C1. The summed E-state index contributed by atoms with van der Waals surface area (Å²) in [6.07, 6.45) is 2.59. The first-order chi connectivity index (χ1) is 9.29. The molecule has 0 bridgehead atoms. The summed E-state index contributed by atoms with van der Waals surface area (Å²) < 4.78 is 37.0. The minimum atomic E-state index is -3.12. The van der Waals surface area contributed by atoms with Crippen LogP contribution in [-0.2, 0) is 9.84 Å². The van der Waals surface area contributed by atoms with E-state index in [-0.39, 0.29) is 11.5 Å². The van der Waals surface area contributed by atoms with Crippen molar-refractivity contribution in [3.63, 3.8) is 0 Å². The minimum absolute atomic E-state index is 0.150. The number of hydrogen-bond donors (Lipinski definition) is 1. The molecule has 3 unspecified atom stereocenters. The number of aliphatic hydroxyl groups is 1. The van der Waals surface area contributed by atoms with Gasteiger partial charge < -0.3 is 5.11 Å². The highest BCUT2D eigenvalue weighted by atomic mass is 35.5. The van der Waals surface area contributed by atoms with E-state index in [2.05, 4.69) is 0 Å². The van der Waals surface area contributed by atoms with Gasteiger partial charge in [0.25, 0.3) is 0 Å². The van der Waals surface area contributed by atoms with Crippen molar-refractivity contribution in [3.05, 3.63) is 34.6 Å². The molecule has 3 atom stereocenters. The van der Waals surface area contributed by atoms with Crippen molar-refractivity contribution < 1.29 is 17.9 Å². The quantitative estimate of drug-likeness (QED) is 0.931. The second-order valence-electron chi connectivity index (χ2n) is 5.49. The van der Waals surface area contributed by atoms with Crippen LogP contribution in [0, 0.1) is 11.7 Å². The third-order valence-corrected chi connectivity index (χ3v) is 5.87. The second-order valence-corrected chi connectivity index (χ2v) is 8.25. The fraction of sp³-hybridized carbons (Fsp3) is 0.571. The van der Waals surface area contributed by atoms with Gasteiger partial charge in [-0.1, -0.05) is 18.0 Å². The maximum Gasteiger partial charge on any atom is 0.150 e. The Morgan fingerprint density at radius 2 is 2.10 bits per heavy atom. The van der Waals surface area contributed by atoms with E-state index in [0.717, 1.165) is 6.42 Å². The Labute approximate surface area is 123 Å². The van der Waals surface area contributed by atoms with Crippen molar-refractivity contribution in [3.8, 4) is 0 Å². The van der Waals surface area contributed by atoms with Gasteiger partial charge in [0, 0.05) is 16.8 Å². The highest BCUT2D eigenvalue weighted by molar-refractivity contribution is 7.91. The predicted octanol–water partition coefficient (Wildman–Crippen LogP) is 3.12. The van der Waals surface area contributed by atoms with Crippen molar-refractivity contribution in [2.45, 2.75) is 37.0 Å². The summed E-state index contributed by atoms with van der Waals surface area (Å²) in [5, 5.41) is 10.3. The monoisotopic (exact) mass is 320 g/mol. The van der Waals surface area contributed by atoms with Crippen LogP contribution >= 0.6 is 11.6 Å². The van der Waals surface area contributed by atoms with Crippen LogP contribution in [-0.4, -0.2) is 25.0 Å². The minimum Gasteiger partial charge on any atom is -0.388 e. The Balaban J connectivity index is 2.20. The van der Waals surface area contributed by atoms with Gasteiger partial charge in [-0.15, -0.1) is 0 Å². The third kappa shape index (κ3) is 3.51. The molecule has 0 radical (unpaired) electrons. The van der Waals surface area contributed by atoms with Crippen molar-refractivity contribution in [2.75, 3.05) is 6.26 Å². The van der Waals surface area contributed by atoms with E-state index in [1.54, 1.807) is 0 Å². The molecule has 2 rings (SSSR count). The van der Waals surface area contributed by atoms with Crippen molar-refractivity contribution >= 4 is 21.4 Å². The smallest absolute Gasteiger partial charge is 0.150 e.